The van der Waals surface area contributed by atoms with E-state index < -0.39 is 5.97 Å². The van der Waals surface area contributed by atoms with E-state index in [-0.39, 0.29) is 6.61 Å². The van der Waals surface area contributed by atoms with Gasteiger partial charge in [-0.2, -0.15) is 0 Å². The monoisotopic (exact) mass is 261 g/mol. The largest absolute Gasteiger partial charge is 0.467 e. The first-order chi connectivity index (χ1) is 9.24. The molecule has 0 aliphatic carbocycles. The van der Waals surface area contributed by atoms with Crippen molar-refractivity contribution in [3.63, 3.8) is 0 Å². The number of furan rings is 1. The Morgan fingerprint density at radius 1 is 1.42 bits per heavy atom. The van der Waals surface area contributed by atoms with Gasteiger partial charge in [0, 0.05) is 11.3 Å². The van der Waals surface area contributed by atoms with Crippen LogP contribution in [-0.4, -0.2) is 18.2 Å². The van der Waals surface area contributed by atoms with Crippen molar-refractivity contribution in [2.24, 2.45) is 0 Å². The predicted molar refractivity (Wildman–Crippen MR) is 69.7 cm³/mol. The molecule has 100 valence electrons. The number of hydrogen-bond donors (Lipinski definition) is 2. The fourth-order valence-corrected chi connectivity index (χ4v) is 1.71. The number of hydrogen-bond acceptors (Lipinski definition) is 5. The van der Waals surface area contributed by atoms with Crippen LogP contribution in [0.5, 0.6) is 0 Å². The minimum atomic E-state index is -0.425. The number of esters is 1. The van der Waals surface area contributed by atoms with Gasteiger partial charge in [-0.05, 0) is 12.1 Å². The van der Waals surface area contributed by atoms with E-state index >= 15 is 0 Å². The van der Waals surface area contributed by atoms with Crippen LogP contribution < -0.4 is 5.32 Å². The highest BCUT2D eigenvalue weighted by molar-refractivity contribution is 5.89. The average molecular weight is 261 g/mol. The lowest BCUT2D eigenvalue weighted by Crippen LogP contribution is -2.02. The molecule has 0 spiro atoms. The summed E-state index contributed by atoms with van der Waals surface area (Å²) in [7, 11) is 1.32. The Bertz CT molecular complexity index is 562. The molecule has 0 saturated carbocycles. The molecule has 0 fully saturated rings. The summed E-state index contributed by atoms with van der Waals surface area (Å²) in [6, 6.07) is 9.07. The van der Waals surface area contributed by atoms with Gasteiger partial charge in [0.1, 0.15) is 12.0 Å². The first-order valence-electron chi connectivity index (χ1n) is 5.83. The number of benzene rings is 1. The number of aliphatic hydroxyl groups is 1. The van der Waals surface area contributed by atoms with E-state index in [0.29, 0.717) is 17.9 Å². The van der Waals surface area contributed by atoms with Gasteiger partial charge in [0.2, 0.25) is 0 Å². The number of nitrogens with one attached hydrogen (secondary N) is 1. The third kappa shape index (κ3) is 3.14. The zero-order valence-corrected chi connectivity index (χ0v) is 10.6. The minimum absolute atomic E-state index is 0.0330. The van der Waals surface area contributed by atoms with E-state index in [2.05, 4.69) is 10.1 Å². The average Bonchev–Trinajstić information content (AvgIpc) is 2.93. The molecule has 0 radical (unpaired) electrons. The van der Waals surface area contributed by atoms with Crippen LogP contribution in [-0.2, 0) is 17.9 Å². The number of aliphatic hydroxyl groups excluding tert-OH is 1. The summed E-state index contributed by atoms with van der Waals surface area (Å²) >= 11 is 0. The highest BCUT2D eigenvalue weighted by atomic mass is 16.5. The van der Waals surface area contributed by atoms with Crippen molar-refractivity contribution in [1.29, 1.82) is 0 Å². The van der Waals surface area contributed by atoms with Crippen molar-refractivity contribution in [2.45, 2.75) is 13.2 Å². The van der Waals surface area contributed by atoms with E-state index in [0.717, 1.165) is 11.3 Å². The Hall–Kier alpha value is -2.27. The molecule has 2 rings (SSSR count). The summed E-state index contributed by atoms with van der Waals surface area (Å²) in [5.74, 6) is 0.193. The van der Waals surface area contributed by atoms with Crippen LogP contribution in [0.3, 0.4) is 0 Å². The van der Waals surface area contributed by atoms with Crippen LogP contribution in [0.1, 0.15) is 21.7 Å². The van der Waals surface area contributed by atoms with Gasteiger partial charge in [0.05, 0.1) is 25.8 Å². The summed E-state index contributed by atoms with van der Waals surface area (Å²) in [5.41, 5.74) is 2.03. The van der Waals surface area contributed by atoms with Crippen molar-refractivity contribution < 1.29 is 19.1 Å². The second kappa shape index (κ2) is 6.06. The second-order valence-corrected chi connectivity index (χ2v) is 3.96. The van der Waals surface area contributed by atoms with Gasteiger partial charge in [-0.1, -0.05) is 18.2 Å². The fraction of sp³-hybridized carbons (Fsp3) is 0.214. The first-order valence-corrected chi connectivity index (χ1v) is 5.83. The number of rotatable bonds is 5. The molecule has 19 heavy (non-hydrogen) atoms. The molecule has 0 atom stereocenters. The third-order valence-corrected chi connectivity index (χ3v) is 2.72. The quantitative estimate of drug-likeness (QED) is 0.807. The third-order valence-electron chi connectivity index (χ3n) is 2.72. The number of para-hydroxylation sites is 1. The van der Waals surface area contributed by atoms with Gasteiger partial charge in [0.15, 0.2) is 0 Å². The van der Waals surface area contributed by atoms with Crippen LogP contribution in [0.4, 0.5) is 5.69 Å². The lowest BCUT2D eigenvalue weighted by molar-refractivity contribution is 0.0600. The normalized spacial score (nSPS) is 10.2. The molecule has 5 heteroatoms. The molecule has 1 aromatic heterocycles. The van der Waals surface area contributed by atoms with Gasteiger partial charge in [-0.3, -0.25) is 0 Å². The van der Waals surface area contributed by atoms with Gasteiger partial charge < -0.3 is 19.6 Å². The highest BCUT2D eigenvalue weighted by Gasteiger charge is 2.10. The van der Waals surface area contributed by atoms with Crippen LogP contribution in [0.15, 0.2) is 41.0 Å². The molecule has 5 nitrogen and oxygen atoms in total. The SMILES string of the molecule is COC(=O)c1coc(CNc2ccccc2CO)c1. The van der Waals surface area contributed by atoms with Crippen LogP contribution in [0, 0.1) is 0 Å². The lowest BCUT2D eigenvalue weighted by Gasteiger charge is -2.08. The van der Waals surface area contributed by atoms with Crippen molar-refractivity contribution in [2.75, 3.05) is 12.4 Å². The summed E-state index contributed by atoms with van der Waals surface area (Å²) in [6.45, 7) is 0.392. The Morgan fingerprint density at radius 3 is 2.95 bits per heavy atom. The zero-order valence-electron chi connectivity index (χ0n) is 10.6. The zero-order chi connectivity index (χ0) is 13.7. The maximum absolute atomic E-state index is 11.3. The van der Waals surface area contributed by atoms with E-state index in [4.69, 9.17) is 4.42 Å². The maximum Gasteiger partial charge on any atom is 0.341 e. The standard InChI is InChI=1S/C14H15NO4/c1-18-14(17)11-6-12(19-9-11)7-15-13-5-3-2-4-10(13)8-16/h2-6,9,15-16H,7-8H2,1H3. The molecule has 0 unspecified atom stereocenters. The van der Waals surface area contributed by atoms with E-state index in [1.165, 1.54) is 13.4 Å². The van der Waals surface area contributed by atoms with Crippen molar-refractivity contribution >= 4 is 11.7 Å². The molecular weight excluding hydrogens is 246 g/mol. The van der Waals surface area contributed by atoms with E-state index in [1.54, 1.807) is 6.07 Å². The maximum atomic E-state index is 11.3. The first kappa shape index (κ1) is 13.2. The topological polar surface area (TPSA) is 71.7 Å². The second-order valence-electron chi connectivity index (χ2n) is 3.96. The Kier molecular flexibility index (Phi) is 4.20. The molecule has 1 aromatic carbocycles. The van der Waals surface area contributed by atoms with Crippen molar-refractivity contribution in [3.8, 4) is 0 Å². The highest BCUT2D eigenvalue weighted by Crippen LogP contribution is 2.17. The smallest absolute Gasteiger partial charge is 0.341 e. The van der Waals surface area contributed by atoms with Crippen molar-refractivity contribution in [3.05, 3.63) is 53.5 Å². The number of carbonyl (C=O) groups is 1. The van der Waals surface area contributed by atoms with E-state index in [1.807, 2.05) is 24.3 Å². The van der Waals surface area contributed by atoms with Gasteiger partial charge in [0.25, 0.3) is 0 Å². The lowest BCUT2D eigenvalue weighted by atomic mass is 10.2. The molecule has 0 bridgehead atoms. The van der Waals surface area contributed by atoms with Crippen LogP contribution in [0.2, 0.25) is 0 Å². The molecular formula is C14H15NO4. The number of carbonyl (C=O) groups excluding carboxylic acids is 1. The molecule has 1 heterocycles. The minimum Gasteiger partial charge on any atom is -0.467 e. The Morgan fingerprint density at radius 2 is 2.21 bits per heavy atom. The van der Waals surface area contributed by atoms with Gasteiger partial charge in [-0.25, -0.2) is 4.79 Å². The number of anilines is 1. The predicted octanol–water partition coefficient (Wildman–Crippen LogP) is 2.17. The van der Waals surface area contributed by atoms with Crippen LogP contribution >= 0.6 is 0 Å². The molecule has 2 aromatic rings. The summed E-state index contributed by atoms with van der Waals surface area (Å²) in [4.78, 5) is 11.3. The van der Waals surface area contributed by atoms with Crippen molar-refractivity contribution in [1.82, 2.24) is 0 Å². The number of methoxy groups -OCH3 is 1. The summed E-state index contributed by atoms with van der Waals surface area (Å²) < 4.78 is 9.85. The van der Waals surface area contributed by atoms with Crippen LogP contribution in [0.25, 0.3) is 0 Å². The summed E-state index contributed by atoms with van der Waals surface area (Å²) in [5, 5.41) is 12.3. The van der Waals surface area contributed by atoms with Gasteiger partial charge in [-0.15, -0.1) is 0 Å². The molecule has 0 aliphatic heterocycles. The Balaban J connectivity index is 2.02. The molecule has 0 aliphatic rings. The molecule has 0 amide bonds. The fourth-order valence-electron chi connectivity index (χ4n) is 1.71. The molecule has 2 N–H and O–H groups in total. The summed E-state index contributed by atoms with van der Waals surface area (Å²) in [6.07, 6.45) is 1.36. The Labute approximate surface area is 110 Å². The molecule has 0 saturated heterocycles. The van der Waals surface area contributed by atoms with E-state index in [9.17, 15) is 9.90 Å². The number of ether oxygens (including phenoxy) is 1. The van der Waals surface area contributed by atoms with Gasteiger partial charge >= 0.3 is 5.97 Å².